The molecule has 1 N–H and O–H groups in total. The topological polar surface area (TPSA) is 87.8 Å². The van der Waals surface area contributed by atoms with Crippen LogP contribution in [0.2, 0.25) is 5.15 Å². The Hall–Kier alpha value is -2.73. The Kier molecular flexibility index (Phi) is 5.28. The number of nitrogens with one attached hydrogen (secondary N) is 1. The molecule has 0 unspecified atom stereocenters. The van der Waals surface area contributed by atoms with Crippen molar-refractivity contribution < 1.29 is 12.8 Å². The molecule has 0 bridgehead atoms. The Morgan fingerprint density at radius 1 is 1.33 bits per heavy atom. The zero-order valence-electron chi connectivity index (χ0n) is 14.1. The molecular formula is C18H14ClFN4O2S. The van der Waals surface area contributed by atoms with E-state index in [1.807, 2.05) is 6.07 Å². The molecule has 3 rings (SSSR count). The third-order valence-electron chi connectivity index (χ3n) is 3.88. The van der Waals surface area contributed by atoms with E-state index in [2.05, 4.69) is 10.3 Å². The van der Waals surface area contributed by atoms with Crippen molar-refractivity contribution in [3.63, 3.8) is 0 Å². The monoisotopic (exact) mass is 404 g/mol. The minimum atomic E-state index is -4.18. The molecule has 2 aromatic heterocycles. The second-order valence-electron chi connectivity index (χ2n) is 5.63. The van der Waals surface area contributed by atoms with E-state index in [1.165, 1.54) is 42.7 Å². The fourth-order valence-electron chi connectivity index (χ4n) is 2.65. The maximum absolute atomic E-state index is 15.1. The quantitative estimate of drug-likeness (QED) is 0.660. The van der Waals surface area contributed by atoms with Crippen LogP contribution in [0.15, 0.2) is 53.7 Å². The van der Waals surface area contributed by atoms with Crippen molar-refractivity contribution in [3.8, 4) is 17.3 Å². The van der Waals surface area contributed by atoms with Gasteiger partial charge in [0.15, 0.2) is 5.82 Å². The summed E-state index contributed by atoms with van der Waals surface area (Å²) in [4.78, 5) is 3.78. The molecule has 0 radical (unpaired) electrons. The Morgan fingerprint density at radius 3 is 2.78 bits per heavy atom. The first kappa shape index (κ1) is 19.0. The molecule has 0 fully saturated rings. The highest BCUT2D eigenvalue weighted by Crippen LogP contribution is 2.34. The summed E-state index contributed by atoms with van der Waals surface area (Å²) < 4.78 is 42.3. The lowest BCUT2D eigenvalue weighted by atomic mass is 10.2. The summed E-state index contributed by atoms with van der Waals surface area (Å²) in [5, 5.41) is 11.8. The highest BCUT2D eigenvalue weighted by molar-refractivity contribution is 7.90. The fourth-order valence-corrected chi connectivity index (χ4v) is 4.30. The maximum atomic E-state index is 15.1. The van der Waals surface area contributed by atoms with Crippen LogP contribution in [-0.4, -0.2) is 24.4 Å². The Balaban J connectivity index is 2.30. The van der Waals surface area contributed by atoms with Gasteiger partial charge in [0, 0.05) is 30.1 Å². The summed E-state index contributed by atoms with van der Waals surface area (Å²) in [5.74, 6) is -0.709. The summed E-state index contributed by atoms with van der Waals surface area (Å²) >= 11 is 6.09. The predicted octanol–water partition coefficient (Wildman–Crippen LogP) is 3.17. The fraction of sp³-hybridized carbons (Fsp3) is 0.111. The van der Waals surface area contributed by atoms with Crippen LogP contribution >= 0.6 is 11.6 Å². The minimum Gasteiger partial charge on any atom is -0.316 e. The Bertz CT molecular complexity index is 1150. The maximum Gasteiger partial charge on any atom is 0.268 e. The van der Waals surface area contributed by atoms with E-state index in [9.17, 15) is 8.42 Å². The van der Waals surface area contributed by atoms with Crippen molar-refractivity contribution in [1.82, 2.24) is 14.3 Å². The molecule has 138 valence electrons. The van der Waals surface area contributed by atoms with Crippen LogP contribution in [0.1, 0.15) is 11.1 Å². The van der Waals surface area contributed by atoms with E-state index in [0.717, 1.165) is 3.97 Å². The van der Waals surface area contributed by atoms with Crippen LogP contribution in [0.5, 0.6) is 0 Å². The number of hydrogen-bond donors (Lipinski definition) is 1. The van der Waals surface area contributed by atoms with Gasteiger partial charge in [-0.2, -0.15) is 5.26 Å². The number of pyridine rings is 1. The van der Waals surface area contributed by atoms with Gasteiger partial charge in [0.25, 0.3) is 10.0 Å². The van der Waals surface area contributed by atoms with Gasteiger partial charge in [-0.3, -0.25) is 0 Å². The first-order chi connectivity index (χ1) is 12.9. The van der Waals surface area contributed by atoms with Crippen LogP contribution in [0, 0.1) is 17.1 Å². The van der Waals surface area contributed by atoms with Crippen molar-refractivity contribution in [3.05, 3.63) is 70.9 Å². The average molecular weight is 405 g/mol. The average Bonchev–Trinajstić information content (AvgIpc) is 3.00. The lowest BCUT2D eigenvalue weighted by molar-refractivity contribution is 0.585. The number of aromatic nitrogens is 2. The summed E-state index contributed by atoms with van der Waals surface area (Å²) in [7, 11) is -2.55. The number of benzene rings is 1. The number of nitriles is 1. The van der Waals surface area contributed by atoms with Gasteiger partial charge in [0.2, 0.25) is 0 Å². The molecule has 0 atom stereocenters. The van der Waals surface area contributed by atoms with Gasteiger partial charge in [-0.1, -0.05) is 17.7 Å². The highest BCUT2D eigenvalue weighted by Gasteiger charge is 2.28. The molecule has 3 aromatic rings. The summed E-state index contributed by atoms with van der Waals surface area (Å²) in [6.45, 7) is 0.122. The Labute approximate surface area is 160 Å². The van der Waals surface area contributed by atoms with Crippen molar-refractivity contribution >= 4 is 21.6 Å². The summed E-state index contributed by atoms with van der Waals surface area (Å²) in [6.07, 6.45) is 2.63. The minimum absolute atomic E-state index is 0.0206. The van der Waals surface area contributed by atoms with E-state index in [-0.39, 0.29) is 39.0 Å². The zero-order chi connectivity index (χ0) is 19.6. The lowest BCUT2D eigenvalue weighted by Gasteiger charge is -2.11. The third-order valence-corrected chi connectivity index (χ3v) is 5.84. The van der Waals surface area contributed by atoms with Gasteiger partial charge in [0.1, 0.15) is 10.8 Å². The van der Waals surface area contributed by atoms with Crippen molar-refractivity contribution in [2.45, 2.75) is 11.4 Å². The van der Waals surface area contributed by atoms with Crippen LogP contribution in [0.3, 0.4) is 0 Å². The molecule has 1 aromatic carbocycles. The standard InChI is InChI=1S/C18H14ClFN4O2S/c1-22-10-13-11-24(17(16(13)20)15-6-3-7-23-18(15)19)27(25,26)14-5-2-4-12(8-14)9-21/h2-8,11,22H,10H2,1H3. The second kappa shape index (κ2) is 7.48. The van der Waals surface area contributed by atoms with Gasteiger partial charge in [0.05, 0.1) is 16.5 Å². The number of rotatable bonds is 5. The van der Waals surface area contributed by atoms with Crippen LogP contribution < -0.4 is 5.32 Å². The van der Waals surface area contributed by atoms with E-state index in [4.69, 9.17) is 16.9 Å². The lowest BCUT2D eigenvalue weighted by Crippen LogP contribution is -2.14. The van der Waals surface area contributed by atoms with Crippen molar-refractivity contribution in [2.75, 3.05) is 7.05 Å². The number of halogens is 2. The van der Waals surface area contributed by atoms with Gasteiger partial charge < -0.3 is 5.32 Å². The van der Waals surface area contributed by atoms with E-state index >= 15 is 4.39 Å². The van der Waals surface area contributed by atoms with Crippen LogP contribution in [0.4, 0.5) is 4.39 Å². The van der Waals surface area contributed by atoms with Crippen LogP contribution in [-0.2, 0) is 16.6 Å². The number of hydrogen-bond acceptors (Lipinski definition) is 5. The first-order valence-electron chi connectivity index (χ1n) is 7.81. The Morgan fingerprint density at radius 2 is 2.11 bits per heavy atom. The van der Waals surface area contributed by atoms with Crippen molar-refractivity contribution in [1.29, 1.82) is 5.26 Å². The molecule has 9 heteroatoms. The predicted molar refractivity (Wildman–Crippen MR) is 99.1 cm³/mol. The van der Waals surface area contributed by atoms with Gasteiger partial charge in [-0.05, 0) is 37.4 Å². The van der Waals surface area contributed by atoms with E-state index in [1.54, 1.807) is 13.1 Å². The van der Waals surface area contributed by atoms with Gasteiger partial charge in [-0.25, -0.2) is 21.8 Å². The third kappa shape index (κ3) is 3.45. The highest BCUT2D eigenvalue weighted by atomic mass is 35.5. The van der Waals surface area contributed by atoms with E-state index in [0.29, 0.717) is 0 Å². The second-order valence-corrected chi connectivity index (χ2v) is 7.80. The molecule has 0 saturated carbocycles. The molecule has 0 aliphatic rings. The zero-order valence-corrected chi connectivity index (χ0v) is 15.7. The van der Waals surface area contributed by atoms with E-state index < -0.39 is 15.8 Å². The molecule has 2 heterocycles. The molecule has 0 amide bonds. The van der Waals surface area contributed by atoms with Crippen molar-refractivity contribution in [2.24, 2.45) is 0 Å². The molecule has 0 saturated heterocycles. The molecule has 0 aliphatic carbocycles. The molecular weight excluding hydrogens is 391 g/mol. The molecule has 0 aliphatic heterocycles. The van der Waals surface area contributed by atoms with Crippen LogP contribution in [0.25, 0.3) is 11.3 Å². The largest absolute Gasteiger partial charge is 0.316 e. The SMILES string of the molecule is CNCc1cn(S(=O)(=O)c2cccc(C#N)c2)c(-c2cccnc2Cl)c1F. The van der Waals surface area contributed by atoms with Gasteiger partial charge >= 0.3 is 0 Å². The summed E-state index contributed by atoms with van der Waals surface area (Å²) in [5.41, 5.74) is 0.285. The summed E-state index contributed by atoms with van der Waals surface area (Å²) in [6, 6.07) is 10.5. The molecule has 27 heavy (non-hydrogen) atoms. The smallest absolute Gasteiger partial charge is 0.268 e. The first-order valence-corrected chi connectivity index (χ1v) is 9.63. The molecule has 0 spiro atoms. The normalized spacial score (nSPS) is 11.3. The number of nitrogens with zero attached hydrogens (tertiary/aromatic N) is 3. The van der Waals surface area contributed by atoms with Gasteiger partial charge in [-0.15, -0.1) is 0 Å². The molecule has 6 nitrogen and oxygen atoms in total.